The number of rotatable bonds is 9. The van der Waals surface area contributed by atoms with Gasteiger partial charge in [-0.25, -0.2) is 0 Å². The molecule has 2 heterocycles. The fraction of sp³-hybridized carbons (Fsp3) is 0.308. The topological polar surface area (TPSA) is 69.8 Å². The van der Waals surface area contributed by atoms with E-state index in [1.54, 1.807) is 16.2 Å². The van der Waals surface area contributed by atoms with Gasteiger partial charge in [-0.15, -0.1) is 0 Å². The number of hydrogen-bond donors (Lipinski definition) is 0. The Labute approximate surface area is 195 Å². The Morgan fingerprint density at radius 3 is 2.30 bits per heavy atom. The molecule has 0 amide bonds. The van der Waals surface area contributed by atoms with Crippen LogP contribution < -0.4 is 9.47 Å². The van der Waals surface area contributed by atoms with Crippen LogP contribution in [0.4, 0.5) is 0 Å². The molecule has 0 aromatic heterocycles. The van der Waals surface area contributed by atoms with Crippen molar-refractivity contribution in [2.75, 3.05) is 33.5 Å². The zero-order chi connectivity index (χ0) is 22.8. The first kappa shape index (κ1) is 22.1. The van der Waals surface area contributed by atoms with Gasteiger partial charge in [0, 0.05) is 0 Å². The van der Waals surface area contributed by atoms with E-state index in [1.807, 2.05) is 12.1 Å². The molecule has 7 heteroatoms. The Morgan fingerprint density at radius 1 is 0.879 bits per heavy atom. The van der Waals surface area contributed by atoms with Crippen molar-refractivity contribution in [2.45, 2.75) is 18.3 Å². The summed E-state index contributed by atoms with van der Waals surface area (Å²) in [5.41, 5.74) is 7.32. The predicted octanol–water partition coefficient (Wildman–Crippen LogP) is 5.10. The number of ether oxygens (including phenoxy) is 5. The lowest BCUT2D eigenvalue weighted by molar-refractivity contribution is 0.0673. The standard InChI is InChI=1S/C26H24O5.HOP/c1-27-24-11-16(9-10-23(24)30-14-17-12-28-17)26(31-15-18-13-29-18)22-8-4-7-21-19-5-2-3-6-20(19)25(21)22;1-2/h2-11,17-18,26H,12-15H2,1H3;2H. The van der Waals surface area contributed by atoms with E-state index < -0.39 is 0 Å². The van der Waals surface area contributed by atoms with Gasteiger partial charge >= 0.3 is 0 Å². The van der Waals surface area contributed by atoms with E-state index in [9.17, 15) is 0 Å². The lowest BCUT2D eigenvalue weighted by Gasteiger charge is -2.30. The summed E-state index contributed by atoms with van der Waals surface area (Å²) >= 11 is 0. The highest BCUT2D eigenvalue weighted by Gasteiger charge is 2.31. The summed E-state index contributed by atoms with van der Waals surface area (Å²) in [4.78, 5) is 0. The first-order valence-electron chi connectivity index (χ1n) is 10.9. The van der Waals surface area contributed by atoms with Crippen molar-refractivity contribution in [3.05, 3.63) is 71.8 Å². The van der Waals surface area contributed by atoms with Gasteiger partial charge < -0.3 is 23.7 Å². The molecule has 2 saturated heterocycles. The molecule has 0 spiro atoms. The number of hydrogen-bond acceptors (Lipinski definition) is 6. The maximum Gasteiger partial charge on any atom is 0.161 e. The molecular formula is C26H25O6P. The van der Waals surface area contributed by atoms with Crippen molar-refractivity contribution in [3.8, 4) is 33.8 Å². The Bertz CT molecular complexity index is 1140. The second kappa shape index (κ2) is 9.62. The zero-order valence-electron chi connectivity index (χ0n) is 18.3. The third-order valence-corrected chi connectivity index (χ3v) is 6.03. The summed E-state index contributed by atoms with van der Waals surface area (Å²) in [6.45, 7) is 2.63. The van der Waals surface area contributed by atoms with E-state index in [0.717, 1.165) is 24.5 Å². The lowest BCUT2D eigenvalue weighted by Crippen LogP contribution is -2.14. The van der Waals surface area contributed by atoms with E-state index in [4.69, 9.17) is 28.2 Å². The van der Waals surface area contributed by atoms with E-state index in [0.29, 0.717) is 19.0 Å². The molecule has 6 nitrogen and oxygen atoms in total. The van der Waals surface area contributed by atoms with Crippen LogP contribution in [0.15, 0.2) is 60.7 Å². The molecule has 3 aliphatic rings. The average Bonchev–Trinajstić information content (AvgIpc) is 3.78. The van der Waals surface area contributed by atoms with E-state index >= 15 is 0 Å². The van der Waals surface area contributed by atoms with E-state index in [-0.39, 0.29) is 18.3 Å². The Kier molecular flexibility index (Phi) is 6.43. The monoisotopic (exact) mass is 464 g/mol. The number of methoxy groups -OCH3 is 1. The molecule has 2 fully saturated rings. The number of benzene rings is 3. The van der Waals surface area contributed by atoms with Crippen molar-refractivity contribution in [2.24, 2.45) is 0 Å². The Balaban J connectivity index is 0.00000111. The van der Waals surface area contributed by atoms with Crippen LogP contribution in [0.5, 0.6) is 11.5 Å². The second-order valence-electron chi connectivity index (χ2n) is 8.16. The fourth-order valence-corrected chi connectivity index (χ4v) is 4.23. The van der Waals surface area contributed by atoms with Crippen LogP contribution in [-0.2, 0) is 18.8 Å². The van der Waals surface area contributed by atoms with Gasteiger partial charge in [0.25, 0.3) is 0 Å². The van der Waals surface area contributed by atoms with Gasteiger partial charge in [-0.2, -0.15) is 0 Å². The third kappa shape index (κ3) is 4.53. The first-order valence-corrected chi connectivity index (χ1v) is 11.3. The number of epoxide rings is 2. The third-order valence-electron chi connectivity index (χ3n) is 6.03. The first-order chi connectivity index (χ1) is 16.3. The highest BCUT2D eigenvalue weighted by Crippen LogP contribution is 2.51. The summed E-state index contributed by atoms with van der Waals surface area (Å²) in [5.74, 6) is 1.42. The molecule has 3 aromatic rings. The molecule has 0 N–H and O–H groups in total. The normalized spacial score (nSPS) is 19.7. The fourth-order valence-electron chi connectivity index (χ4n) is 4.23. The summed E-state index contributed by atoms with van der Waals surface area (Å²) in [6, 6.07) is 21.0. The Hall–Kier alpha value is -2.76. The van der Waals surface area contributed by atoms with Crippen LogP contribution in [-0.4, -0.2) is 45.7 Å². The summed E-state index contributed by atoms with van der Waals surface area (Å²) in [6.07, 6.45) is 0.164. The van der Waals surface area contributed by atoms with Crippen molar-refractivity contribution < 1.29 is 28.2 Å². The van der Waals surface area contributed by atoms with Crippen LogP contribution in [0.2, 0.25) is 0 Å². The lowest BCUT2D eigenvalue weighted by atomic mass is 9.76. The average molecular weight is 464 g/mol. The second-order valence-corrected chi connectivity index (χ2v) is 8.16. The smallest absolute Gasteiger partial charge is 0.161 e. The molecule has 3 atom stereocenters. The van der Waals surface area contributed by atoms with Crippen molar-refractivity contribution in [1.29, 1.82) is 0 Å². The highest BCUT2D eigenvalue weighted by atomic mass is 31.0. The summed E-state index contributed by atoms with van der Waals surface area (Å²) in [5, 5.41) is 0. The summed E-state index contributed by atoms with van der Waals surface area (Å²) < 4.78 is 36.7. The minimum absolute atomic E-state index is 0.187. The molecular weight excluding hydrogens is 439 g/mol. The molecule has 1 aliphatic carbocycles. The molecule has 170 valence electrons. The maximum atomic E-state index is 8.06. The van der Waals surface area contributed by atoms with Crippen LogP contribution in [0.1, 0.15) is 17.2 Å². The molecule has 0 radical (unpaired) electrons. The van der Waals surface area contributed by atoms with Crippen LogP contribution in [0.3, 0.4) is 0 Å². The summed E-state index contributed by atoms with van der Waals surface area (Å²) in [7, 11) is 3.39. The van der Waals surface area contributed by atoms with Crippen LogP contribution in [0.25, 0.3) is 22.3 Å². The van der Waals surface area contributed by atoms with Crippen molar-refractivity contribution in [3.63, 3.8) is 0 Å². The molecule has 3 aromatic carbocycles. The molecule has 2 aliphatic heterocycles. The minimum atomic E-state index is -0.220. The van der Waals surface area contributed by atoms with Gasteiger partial charge in [0.05, 0.1) is 26.9 Å². The minimum Gasteiger partial charge on any atom is -0.493 e. The molecule has 0 saturated carbocycles. The quantitative estimate of drug-likeness (QED) is 0.254. The van der Waals surface area contributed by atoms with Crippen LogP contribution >= 0.6 is 9.12 Å². The van der Waals surface area contributed by atoms with Gasteiger partial charge in [0.1, 0.15) is 34.0 Å². The van der Waals surface area contributed by atoms with Gasteiger partial charge in [0.2, 0.25) is 0 Å². The zero-order valence-corrected chi connectivity index (χ0v) is 19.3. The van der Waals surface area contributed by atoms with E-state index in [1.165, 1.54) is 27.8 Å². The van der Waals surface area contributed by atoms with Gasteiger partial charge in [0.15, 0.2) is 11.5 Å². The van der Waals surface area contributed by atoms with E-state index in [2.05, 4.69) is 48.5 Å². The maximum absolute atomic E-state index is 8.06. The largest absolute Gasteiger partial charge is 0.493 e. The predicted molar refractivity (Wildman–Crippen MR) is 126 cm³/mol. The van der Waals surface area contributed by atoms with Gasteiger partial charge in [-0.1, -0.05) is 48.5 Å². The molecule has 0 bridgehead atoms. The highest BCUT2D eigenvalue weighted by molar-refractivity contribution is 7.00. The molecule has 6 rings (SSSR count). The van der Waals surface area contributed by atoms with Crippen molar-refractivity contribution >= 4 is 9.12 Å². The Morgan fingerprint density at radius 2 is 1.58 bits per heavy atom. The van der Waals surface area contributed by atoms with Gasteiger partial charge in [-0.05, 0) is 45.5 Å². The SMILES string of the molecule is COc1cc(C(OCC2CO2)c2cccc3c2-c2ccccc2-3)ccc1OCC1CO1.O=P. The van der Waals surface area contributed by atoms with Crippen molar-refractivity contribution in [1.82, 2.24) is 0 Å². The van der Waals surface area contributed by atoms with Gasteiger partial charge in [-0.3, -0.25) is 4.57 Å². The molecule has 33 heavy (non-hydrogen) atoms. The number of fused-ring (bicyclic) bond motifs is 4. The van der Waals surface area contributed by atoms with Crippen LogP contribution in [0, 0.1) is 0 Å². The molecule has 3 unspecified atom stereocenters.